The SMILES string of the molecule is CC(Nc1cc([N+](=O)[O-])ccc1Br)c1cccc(F)c1F. The monoisotopic (exact) mass is 356 g/mol. The number of nitro benzene ring substituents is 1. The van der Waals surface area contributed by atoms with Gasteiger partial charge in [0, 0.05) is 22.2 Å². The minimum Gasteiger partial charge on any atom is -0.377 e. The second-order valence-electron chi connectivity index (χ2n) is 4.43. The molecule has 4 nitrogen and oxygen atoms in total. The summed E-state index contributed by atoms with van der Waals surface area (Å²) < 4.78 is 27.5. The van der Waals surface area contributed by atoms with Crippen LogP contribution in [0.5, 0.6) is 0 Å². The van der Waals surface area contributed by atoms with Crippen molar-refractivity contribution >= 4 is 27.3 Å². The maximum atomic E-state index is 13.7. The second-order valence-corrected chi connectivity index (χ2v) is 5.28. The van der Waals surface area contributed by atoms with Crippen molar-refractivity contribution in [3.8, 4) is 0 Å². The standard InChI is InChI=1S/C14H11BrF2N2O2/c1-8(10-3-2-4-12(16)14(10)17)18-13-7-9(19(20)21)5-6-11(13)15/h2-8,18H,1H3. The summed E-state index contributed by atoms with van der Waals surface area (Å²) in [7, 11) is 0. The molecule has 0 aliphatic heterocycles. The topological polar surface area (TPSA) is 55.2 Å². The van der Waals surface area contributed by atoms with Crippen LogP contribution in [0.25, 0.3) is 0 Å². The highest BCUT2D eigenvalue weighted by Crippen LogP contribution is 2.31. The van der Waals surface area contributed by atoms with Crippen LogP contribution < -0.4 is 5.32 Å². The van der Waals surface area contributed by atoms with Crippen LogP contribution in [0.1, 0.15) is 18.5 Å². The van der Waals surface area contributed by atoms with E-state index in [0.29, 0.717) is 10.2 Å². The van der Waals surface area contributed by atoms with Crippen molar-refractivity contribution < 1.29 is 13.7 Å². The summed E-state index contributed by atoms with van der Waals surface area (Å²) in [4.78, 5) is 10.2. The van der Waals surface area contributed by atoms with Crippen LogP contribution in [0.15, 0.2) is 40.9 Å². The number of anilines is 1. The third-order valence-electron chi connectivity index (χ3n) is 2.98. The van der Waals surface area contributed by atoms with Crippen LogP contribution in [0.3, 0.4) is 0 Å². The number of hydrogen-bond acceptors (Lipinski definition) is 3. The molecule has 2 rings (SSSR count). The lowest BCUT2D eigenvalue weighted by Crippen LogP contribution is -2.10. The fourth-order valence-corrected chi connectivity index (χ4v) is 2.26. The smallest absolute Gasteiger partial charge is 0.271 e. The van der Waals surface area contributed by atoms with E-state index in [2.05, 4.69) is 21.2 Å². The van der Waals surface area contributed by atoms with Crippen LogP contribution in [-0.2, 0) is 0 Å². The van der Waals surface area contributed by atoms with E-state index in [1.165, 1.54) is 30.3 Å². The molecule has 1 unspecified atom stereocenters. The number of non-ortho nitro benzene ring substituents is 1. The highest BCUT2D eigenvalue weighted by atomic mass is 79.9. The van der Waals surface area contributed by atoms with Gasteiger partial charge in [0.2, 0.25) is 0 Å². The molecule has 1 N–H and O–H groups in total. The van der Waals surface area contributed by atoms with E-state index in [-0.39, 0.29) is 11.3 Å². The van der Waals surface area contributed by atoms with E-state index in [1.807, 2.05) is 0 Å². The fourth-order valence-electron chi connectivity index (χ4n) is 1.90. The van der Waals surface area contributed by atoms with Gasteiger partial charge in [-0.2, -0.15) is 0 Å². The Balaban J connectivity index is 2.31. The molecular formula is C14H11BrF2N2O2. The molecule has 0 radical (unpaired) electrons. The number of halogens is 3. The van der Waals surface area contributed by atoms with Crippen molar-refractivity contribution in [1.82, 2.24) is 0 Å². The predicted molar refractivity (Wildman–Crippen MR) is 79.2 cm³/mol. The van der Waals surface area contributed by atoms with Gasteiger partial charge in [-0.25, -0.2) is 8.78 Å². The molecule has 0 bridgehead atoms. The number of nitro groups is 1. The van der Waals surface area contributed by atoms with E-state index < -0.39 is 22.6 Å². The molecule has 0 fully saturated rings. The molecule has 2 aromatic carbocycles. The van der Waals surface area contributed by atoms with Crippen LogP contribution in [0.4, 0.5) is 20.2 Å². The molecular weight excluding hydrogens is 346 g/mol. The number of nitrogens with one attached hydrogen (secondary N) is 1. The Morgan fingerprint density at radius 1 is 1.29 bits per heavy atom. The number of nitrogens with zero attached hydrogens (tertiary/aromatic N) is 1. The van der Waals surface area contributed by atoms with E-state index >= 15 is 0 Å². The van der Waals surface area contributed by atoms with Gasteiger partial charge < -0.3 is 5.32 Å². The summed E-state index contributed by atoms with van der Waals surface area (Å²) in [6, 6.07) is 7.55. The van der Waals surface area contributed by atoms with E-state index in [4.69, 9.17) is 0 Å². The first kappa shape index (κ1) is 15.4. The molecule has 0 heterocycles. The minimum absolute atomic E-state index is 0.0902. The third-order valence-corrected chi connectivity index (χ3v) is 3.67. The van der Waals surface area contributed by atoms with Crippen molar-refractivity contribution in [2.24, 2.45) is 0 Å². The molecule has 0 spiro atoms. The summed E-state index contributed by atoms with van der Waals surface area (Å²) in [5.41, 5.74) is 0.487. The quantitative estimate of drug-likeness (QED) is 0.631. The van der Waals surface area contributed by atoms with Crippen molar-refractivity contribution in [3.05, 3.63) is 68.2 Å². The van der Waals surface area contributed by atoms with Crippen molar-refractivity contribution in [3.63, 3.8) is 0 Å². The molecule has 0 aromatic heterocycles. The first-order valence-corrected chi connectivity index (χ1v) is 6.84. The molecule has 0 amide bonds. The Kier molecular flexibility index (Phi) is 4.52. The maximum absolute atomic E-state index is 13.7. The molecule has 0 saturated heterocycles. The summed E-state index contributed by atoms with van der Waals surface area (Å²) in [5, 5.41) is 13.7. The average molecular weight is 357 g/mol. The van der Waals surface area contributed by atoms with Gasteiger partial charge in [0.15, 0.2) is 11.6 Å². The van der Waals surface area contributed by atoms with Gasteiger partial charge in [0.1, 0.15) is 0 Å². The molecule has 0 aliphatic rings. The fraction of sp³-hybridized carbons (Fsp3) is 0.143. The minimum atomic E-state index is -0.931. The Morgan fingerprint density at radius 2 is 2.00 bits per heavy atom. The maximum Gasteiger partial charge on any atom is 0.271 e. The zero-order valence-electron chi connectivity index (χ0n) is 10.9. The van der Waals surface area contributed by atoms with E-state index in [0.717, 1.165) is 6.07 Å². The van der Waals surface area contributed by atoms with Crippen molar-refractivity contribution in [2.45, 2.75) is 13.0 Å². The second kappa shape index (κ2) is 6.17. The zero-order valence-corrected chi connectivity index (χ0v) is 12.5. The summed E-state index contributed by atoms with van der Waals surface area (Å²) in [6.07, 6.45) is 0. The van der Waals surface area contributed by atoms with Crippen molar-refractivity contribution in [2.75, 3.05) is 5.32 Å². The predicted octanol–water partition coefficient (Wildman–Crippen LogP) is 4.81. The lowest BCUT2D eigenvalue weighted by Gasteiger charge is -2.17. The first-order valence-electron chi connectivity index (χ1n) is 6.04. The molecule has 7 heteroatoms. The molecule has 1 atom stereocenters. The lowest BCUT2D eigenvalue weighted by atomic mass is 10.1. The molecule has 0 aliphatic carbocycles. The van der Waals surface area contributed by atoms with Crippen LogP contribution in [0, 0.1) is 21.7 Å². The number of hydrogen-bond donors (Lipinski definition) is 1. The number of rotatable bonds is 4. The molecule has 0 saturated carbocycles. The van der Waals surface area contributed by atoms with Crippen LogP contribution >= 0.6 is 15.9 Å². The largest absolute Gasteiger partial charge is 0.377 e. The Labute approximate surface area is 128 Å². The lowest BCUT2D eigenvalue weighted by molar-refractivity contribution is -0.384. The molecule has 21 heavy (non-hydrogen) atoms. The van der Waals surface area contributed by atoms with Gasteiger partial charge in [0.05, 0.1) is 16.7 Å². The van der Waals surface area contributed by atoms with E-state index in [9.17, 15) is 18.9 Å². The zero-order chi connectivity index (χ0) is 15.6. The first-order chi connectivity index (χ1) is 9.90. The Hall–Kier alpha value is -2.02. The Bertz CT molecular complexity index is 695. The summed E-state index contributed by atoms with van der Waals surface area (Å²) in [5.74, 6) is -1.86. The van der Waals surface area contributed by atoms with Crippen molar-refractivity contribution in [1.29, 1.82) is 0 Å². The van der Waals surface area contributed by atoms with Gasteiger partial charge in [-0.3, -0.25) is 10.1 Å². The molecule has 110 valence electrons. The van der Waals surface area contributed by atoms with Crippen LogP contribution in [-0.4, -0.2) is 4.92 Å². The third kappa shape index (κ3) is 3.36. The average Bonchev–Trinajstić information content (AvgIpc) is 2.43. The molecule has 2 aromatic rings. The van der Waals surface area contributed by atoms with Gasteiger partial charge in [0.25, 0.3) is 5.69 Å². The summed E-state index contributed by atoms with van der Waals surface area (Å²) >= 11 is 3.26. The normalized spacial score (nSPS) is 12.0. The van der Waals surface area contributed by atoms with E-state index in [1.54, 1.807) is 6.92 Å². The Morgan fingerprint density at radius 3 is 2.67 bits per heavy atom. The van der Waals surface area contributed by atoms with Gasteiger partial charge in [-0.05, 0) is 35.0 Å². The van der Waals surface area contributed by atoms with Gasteiger partial charge in [-0.15, -0.1) is 0 Å². The van der Waals surface area contributed by atoms with Gasteiger partial charge in [-0.1, -0.05) is 12.1 Å². The van der Waals surface area contributed by atoms with Gasteiger partial charge >= 0.3 is 0 Å². The summed E-state index contributed by atoms with van der Waals surface area (Å²) in [6.45, 7) is 1.64. The number of benzene rings is 2. The van der Waals surface area contributed by atoms with Crippen LogP contribution in [0.2, 0.25) is 0 Å². The highest BCUT2D eigenvalue weighted by Gasteiger charge is 2.16. The highest BCUT2D eigenvalue weighted by molar-refractivity contribution is 9.10.